The van der Waals surface area contributed by atoms with Crippen molar-refractivity contribution in [3.8, 4) is 11.5 Å². The molecule has 1 heterocycles. The van der Waals surface area contributed by atoms with E-state index in [0.29, 0.717) is 11.6 Å². The molecule has 1 aliphatic heterocycles. The number of benzene rings is 1. The molecule has 1 unspecified atom stereocenters. The Labute approximate surface area is 108 Å². The Morgan fingerprint density at radius 3 is 2.33 bits per heavy atom. The van der Waals surface area contributed by atoms with Crippen molar-refractivity contribution in [2.45, 2.75) is 31.8 Å². The van der Waals surface area contributed by atoms with E-state index in [0.717, 1.165) is 25.9 Å². The molecule has 0 radical (unpaired) electrons. The highest BCUT2D eigenvalue weighted by molar-refractivity contribution is 5.44. The molecule has 1 fully saturated rings. The number of phenols is 2. The topological polar surface area (TPSA) is 55.7 Å². The number of likely N-dealkylation sites (tertiary alicyclic amines) is 1. The van der Waals surface area contributed by atoms with Gasteiger partial charge in [0.25, 0.3) is 0 Å². The van der Waals surface area contributed by atoms with E-state index in [9.17, 15) is 10.2 Å². The van der Waals surface area contributed by atoms with Crippen LogP contribution in [0.3, 0.4) is 0 Å². The lowest BCUT2D eigenvalue weighted by molar-refractivity contribution is 0.225. The molecule has 1 saturated heterocycles. The van der Waals surface area contributed by atoms with Crippen molar-refractivity contribution in [1.29, 1.82) is 0 Å². The number of phenolic OH excluding ortho intramolecular Hbond substituents is 2. The number of aromatic hydroxyl groups is 2. The SMILES string of the molecule is CC(NC1CCN(C)CC1)c1c(O)cccc1O. The minimum atomic E-state index is -0.0420. The fourth-order valence-corrected chi connectivity index (χ4v) is 2.60. The first kappa shape index (κ1) is 13.2. The molecule has 18 heavy (non-hydrogen) atoms. The third-order valence-electron chi connectivity index (χ3n) is 3.70. The Bertz CT molecular complexity index is 381. The minimum Gasteiger partial charge on any atom is -0.507 e. The number of nitrogens with one attached hydrogen (secondary N) is 1. The number of hydrogen-bond donors (Lipinski definition) is 3. The molecular weight excluding hydrogens is 228 g/mol. The lowest BCUT2D eigenvalue weighted by Crippen LogP contribution is -2.41. The third kappa shape index (κ3) is 2.94. The first-order chi connectivity index (χ1) is 8.58. The molecule has 0 aliphatic carbocycles. The van der Waals surface area contributed by atoms with E-state index in [2.05, 4.69) is 17.3 Å². The van der Waals surface area contributed by atoms with Gasteiger partial charge in [0.1, 0.15) is 11.5 Å². The van der Waals surface area contributed by atoms with Crippen LogP contribution in [0.5, 0.6) is 11.5 Å². The molecule has 4 nitrogen and oxygen atoms in total. The van der Waals surface area contributed by atoms with Crippen LogP contribution in [0.15, 0.2) is 18.2 Å². The van der Waals surface area contributed by atoms with E-state index in [1.165, 1.54) is 0 Å². The molecule has 0 spiro atoms. The Kier molecular flexibility index (Phi) is 4.09. The van der Waals surface area contributed by atoms with Crippen LogP contribution in [0.4, 0.5) is 0 Å². The highest BCUT2D eigenvalue weighted by atomic mass is 16.3. The van der Waals surface area contributed by atoms with E-state index >= 15 is 0 Å². The quantitative estimate of drug-likeness (QED) is 0.766. The van der Waals surface area contributed by atoms with Crippen LogP contribution >= 0.6 is 0 Å². The Morgan fingerprint density at radius 2 is 1.78 bits per heavy atom. The molecule has 1 aliphatic rings. The van der Waals surface area contributed by atoms with Crippen molar-refractivity contribution in [3.05, 3.63) is 23.8 Å². The average molecular weight is 250 g/mol. The molecule has 100 valence electrons. The maximum Gasteiger partial charge on any atom is 0.124 e. The van der Waals surface area contributed by atoms with E-state index in [-0.39, 0.29) is 17.5 Å². The highest BCUT2D eigenvalue weighted by Crippen LogP contribution is 2.32. The first-order valence-corrected chi connectivity index (χ1v) is 6.53. The first-order valence-electron chi connectivity index (χ1n) is 6.53. The normalized spacial score (nSPS) is 19.9. The predicted octanol–water partition coefficient (Wildman–Crippen LogP) is 1.84. The second-order valence-electron chi connectivity index (χ2n) is 5.18. The largest absolute Gasteiger partial charge is 0.507 e. The molecule has 0 bridgehead atoms. The molecule has 1 aromatic rings. The summed E-state index contributed by atoms with van der Waals surface area (Å²) in [4.78, 5) is 2.32. The van der Waals surface area contributed by atoms with Crippen LogP contribution in [-0.4, -0.2) is 41.3 Å². The molecule has 2 rings (SSSR count). The van der Waals surface area contributed by atoms with Crippen molar-refractivity contribution < 1.29 is 10.2 Å². The predicted molar refractivity (Wildman–Crippen MR) is 71.8 cm³/mol. The van der Waals surface area contributed by atoms with Gasteiger partial charge < -0.3 is 20.4 Å². The Balaban J connectivity index is 2.01. The standard InChI is InChI=1S/C14H22N2O2/c1-10(14-12(17)4-3-5-13(14)18)15-11-6-8-16(2)9-7-11/h3-5,10-11,15,17-18H,6-9H2,1-2H3. The minimum absolute atomic E-state index is 0.0420. The van der Waals surface area contributed by atoms with Crippen LogP contribution in [0.25, 0.3) is 0 Å². The lowest BCUT2D eigenvalue weighted by Gasteiger charge is -2.32. The van der Waals surface area contributed by atoms with Gasteiger partial charge in [-0.3, -0.25) is 0 Å². The summed E-state index contributed by atoms with van der Waals surface area (Å²) in [5.41, 5.74) is 0.594. The summed E-state index contributed by atoms with van der Waals surface area (Å²) < 4.78 is 0. The summed E-state index contributed by atoms with van der Waals surface area (Å²) in [5, 5.41) is 23.1. The highest BCUT2D eigenvalue weighted by Gasteiger charge is 2.21. The van der Waals surface area contributed by atoms with E-state index < -0.39 is 0 Å². The summed E-state index contributed by atoms with van der Waals surface area (Å²) in [7, 11) is 2.13. The van der Waals surface area contributed by atoms with Gasteiger partial charge in [-0.1, -0.05) is 6.07 Å². The molecule has 1 aromatic carbocycles. The van der Waals surface area contributed by atoms with Crippen molar-refractivity contribution >= 4 is 0 Å². The van der Waals surface area contributed by atoms with Gasteiger partial charge in [0.2, 0.25) is 0 Å². The van der Waals surface area contributed by atoms with Gasteiger partial charge in [-0.25, -0.2) is 0 Å². The number of nitrogens with zero attached hydrogens (tertiary/aromatic N) is 1. The maximum absolute atomic E-state index is 9.83. The second kappa shape index (κ2) is 5.59. The van der Waals surface area contributed by atoms with Gasteiger partial charge in [0.05, 0.1) is 5.56 Å². The van der Waals surface area contributed by atoms with Gasteiger partial charge >= 0.3 is 0 Å². The van der Waals surface area contributed by atoms with Gasteiger partial charge in [0, 0.05) is 12.1 Å². The molecule has 0 amide bonds. The zero-order chi connectivity index (χ0) is 13.1. The maximum atomic E-state index is 9.83. The lowest BCUT2D eigenvalue weighted by atomic mass is 10.0. The molecule has 0 aromatic heterocycles. The zero-order valence-electron chi connectivity index (χ0n) is 11.1. The second-order valence-corrected chi connectivity index (χ2v) is 5.18. The summed E-state index contributed by atoms with van der Waals surface area (Å²) >= 11 is 0. The van der Waals surface area contributed by atoms with Crippen LogP contribution in [-0.2, 0) is 0 Å². The number of rotatable bonds is 3. The van der Waals surface area contributed by atoms with Crippen molar-refractivity contribution in [2.24, 2.45) is 0 Å². The summed E-state index contributed by atoms with van der Waals surface area (Å²) in [6, 6.07) is 5.29. The summed E-state index contributed by atoms with van der Waals surface area (Å²) in [6.07, 6.45) is 2.21. The fraction of sp³-hybridized carbons (Fsp3) is 0.571. The van der Waals surface area contributed by atoms with Gasteiger partial charge in [-0.2, -0.15) is 0 Å². The number of piperidine rings is 1. The van der Waals surface area contributed by atoms with Gasteiger partial charge in [-0.05, 0) is 52.0 Å². The smallest absolute Gasteiger partial charge is 0.124 e. The Hall–Kier alpha value is -1.26. The third-order valence-corrected chi connectivity index (χ3v) is 3.70. The monoisotopic (exact) mass is 250 g/mol. The zero-order valence-corrected chi connectivity index (χ0v) is 11.1. The van der Waals surface area contributed by atoms with Crippen LogP contribution in [0, 0.1) is 0 Å². The fourth-order valence-electron chi connectivity index (χ4n) is 2.60. The van der Waals surface area contributed by atoms with E-state index in [4.69, 9.17) is 0 Å². The van der Waals surface area contributed by atoms with Crippen molar-refractivity contribution in [3.63, 3.8) is 0 Å². The van der Waals surface area contributed by atoms with Crippen LogP contribution in [0.2, 0.25) is 0 Å². The molecule has 0 saturated carbocycles. The van der Waals surface area contributed by atoms with Crippen LogP contribution in [0.1, 0.15) is 31.4 Å². The van der Waals surface area contributed by atoms with E-state index in [1.54, 1.807) is 18.2 Å². The van der Waals surface area contributed by atoms with E-state index in [1.807, 2.05) is 6.92 Å². The van der Waals surface area contributed by atoms with Crippen LogP contribution < -0.4 is 5.32 Å². The average Bonchev–Trinajstić information content (AvgIpc) is 2.32. The molecular formula is C14H22N2O2. The van der Waals surface area contributed by atoms with Crippen molar-refractivity contribution in [1.82, 2.24) is 10.2 Å². The Morgan fingerprint density at radius 1 is 1.22 bits per heavy atom. The summed E-state index contributed by atoms with van der Waals surface area (Å²) in [6.45, 7) is 4.17. The number of hydrogen-bond acceptors (Lipinski definition) is 4. The van der Waals surface area contributed by atoms with Crippen molar-refractivity contribution in [2.75, 3.05) is 20.1 Å². The van der Waals surface area contributed by atoms with Gasteiger partial charge in [-0.15, -0.1) is 0 Å². The molecule has 1 atom stereocenters. The molecule has 4 heteroatoms. The summed E-state index contributed by atoms with van der Waals surface area (Å²) in [5.74, 6) is 0.311. The van der Waals surface area contributed by atoms with Gasteiger partial charge in [0.15, 0.2) is 0 Å². The molecule has 3 N–H and O–H groups in total.